The SMILES string of the molecule is CNS(=O)(=O)N1CCN([C@@H](C)Cn2c(C#N)cc3c(C)c(CN4CCC5(CCN(c6ncnc7sc(CC(F)(F)F)cc67)C5)C4)ccc32)CC1. The number of anilines is 1. The van der Waals surface area contributed by atoms with Gasteiger partial charge >= 0.3 is 6.18 Å². The molecule has 3 saturated heterocycles. The van der Waals surface area contributed by atoms with Crippen molar-refractivity contribution in [1.82, 2.24) is 33.4 Å². The molecule has 11 nitrogen and oxygen atoms in total. The minimum Gasteiger partial charge on any atom is -0.355 e. The highest BCUT2D eigenvalue weighted by Gasteiger charge is 2.44. The van der Waals surface area contributed by atoms with Crippen molar-refractivity contribution in [2.45, 2.75) is 58.4 Å². The Balaban J connectivity index is 1.02. The molecule has 0 amide bonds. The van der Waals surface area contributed by atoms with Crippen molar-refractivity contribution in [2.75, 3.05) is 64.3 Å². The van der Waals surface area contributed by atoms with E-state index in [1.807, 2.05) is 6.07 Å². The van der Waals surface area contributed by atoms with Gasteiger partial charge in [-0.25, -0.2) is 14.7 Å². The summed E-state index contributed by atoms with van der Waals surface area (Å²) in [5.41, 5.74) is 4.13. The van der Waals surface area contributed by atoms with Crippen molar-refractivity contribution in [1.29, 1.82) is 5.26 Å². The quantitative estimate of drug-likeness (QED) is 0.268. The van der Waals surface area contributed by atoms with Gasteiger partial charge in [0.25, 0.3) is 10.2 Å². The van der Waals surface area contributed by atoms with Crippen molar-refractivity contribution in [2.24, 2.45) is 5.41 Å². The molecule has 6 heterocycles. The lowest BCUT2D eigenvalue weighted by Crippen LogP contribution is -2.54. The van der Waals surface area contributed by atoms with Crippen LogP contribution >= 0.6 is 11.3 Å². The van der Waals surface area contributed by atoms with Crippen molar-refractivity contribution >= 4 is 48.5 Å². The van der Waals surface area contributed by atoms with Crippen LogP contribution in [0.3, 0.4) is 0 Å². The monoisotopic (exact) mass is 729 g/mol. The number of nitrogens with zero attached hydrogens (tertiary/aromatic N) is 8. The van der Waals surface area contributed by atoms with Crippen LogP contribution in [0.5, 0.6) is 0 Å². The third kappa shape index (κ3) is 6.83. The standard InChI is InChI=1S/C34H42F3N9O2S2/c1-23(43-10-12-45(13-11-43)50(47,48)39-3)18-46-26(17-38)14-28-24(2)25(4-5-30(28)46)19-42-8-6-33(20-42)7-9-44(21-33)31-29-15-27(16-34(35,36)37)49-32(29)41-22-40-31/h4-5,14-15,22-23,39H,6-13,16,18-21H2,1-3H3/t23-,33?/m0/s1. The van der Waals surface area contributed by atoms with Crippen molar-refractivity contribution in [3.8, 4) is 6.07 Å². The van der Waals surface area contributed by atoms with Gasteiger partial charge in [0.05, 0.1) is 11.8 Å². The Labute approximate surface area is 294 Å². The zero-order chi connectivity index (χ0) is 35.4. The summed E-state index contributed by atoms with van der Waals surface area (Å²) in [7, 11) is -2.01. The van der Waals surface area contributed by atoms with Crippen LogP contribution in [-0.4, -0.2) is 109 Å². The number of fused-ring (bicyclic) bond motifs is 2. The van der Waals surface area contributed by atoms with E-state index in [-0.39, 0.29) is 16.3 Å². The van der Waals surface area contributed by atoms with Gasteiger partial charge < -0.3 is 9.47 Å². The lowest BCUT2D eigenvalue weighted by Gasteiger charge is -2.37. The summed E-state index contributed by atoms with van der Waals surface area (Å²) < 4.78 is 69.6. The van der Waals surface area contributed by atoms with Crippen molar-refractivity contribution in [3.05, 3.63) is 52.3 Å². The van der Waals surface area contributed by atoms with E-state index in [0.29, 0.717) is 48.6 Å². The van der Waals surface area contributed by atoms with Gasteiger partial charge in [0.15, 0.2) is 0 Å². The van der Waals surface area contributed by atoms with E-state index in [1.54, 1.807) is 6.07 Å². The second-order valence-electron chi connectivity index (χ2n) is 14.1. The molecule has 50 heavy (non-hydrogen) atoms. The Morgan fingerprint density at radius 1 is 1.06 bits per heavy atom. The van der Waals surface area contributed by atoms with E-state index in [9.17, 15) is 26.9 Å². The first-order valence-corrected chi connectivity index (χ1v) is 19.3. The molecule has 1 unspecified atom stereocenters. The van der Waals surface area contributed by atoms with Gasteiger partial charge in [0.1, 0.15) is 28.7 Å². The molecule has 3 aliphatic heterocycles. The number of aryl methyl sites for hydroxylation is 1. The fraction of sp³-hybridized carbons (Fsp3) is 0.559. The Kier molecular flexibility index (Phi) is 9.36. The second kappa shape index (κ2) is 13.3. The molecule has 16 heteroatoms. The number of aromatic nitrogens is 3. The van der Waals surface area contributed by atoms with Crippen LogP contribution in [0.15, 0.2) is 30.6 Å². The topological polar surface area (TPSA) is 114 Å². The summed E-state index contributed by atoms with van der Waals surface area (Å²) in [5.74, 6) is 0.729. The number of alkyl halides is 3. The van der Waals surface area contributed by atoms with E-state index >= 15 is 0 Å². The third-order valence-corrected chi connectivity index (χ3v) is 13.5. The number of nitrogens with one attached hydrogen (secondary N) is 1. The van der Waals surface area contributed by atoms with Crippen LogP contribution in [0.4, 0.5) is 19.0 Å². The van der Waals surface area contributed by atoms with Gasteiger partial charge in [-0.15, -0.1) is 11.3 Å². The molecule has 0 radical (unpaired) electrons. The third-order valence-electron chi connectivity index (χ3n) is 10.9. The highest BCUT2D eigenvalue weighted by molar-refractivity contribution is 7.87. The zero-order valence-electron chi connectivity index (χ0n) is 28.5. The van der Waals surface area contributed by atoms with Crippen molar-refractivity contribution in [3.63, 3.8) is 0 Å². The molecule has 3 aliphatic rings. The molecular weight excluding hydrogens is 688 g/mol. The fourth-order valence-corrected chi connectivity index (χ4v) is 10.1. The largest absolute Gasteiger partial charge is 0.393 e. The fourth-order valence-electron chi connectivity index (χ4n) is 8.16. The Morgan fingerprint density at radius 2 is 1.82 bits per heavy atom. The number of halogens is 3. The van der Waals surface area contributed by atoms with Crippen LogP contribution < -0.4 is 9.62 Å². The maximum atomic E-state index is 13.1. The molecule has 3 aromatic heterocycles. The maximum absolute atomic E-state index is 13.1. The van der Waals surface area contributed by atoms with Gasteiger partial charge in [-0.2, -0.15) is 31.2 Å². The van der Waals surface area contributed by atoms with Crippen LogP contribution in [0.1, 0.15) is 41.5 Å². The second-order valence-corrected chi connectivity index (χ2v) is 17.1. The van der Waals surface area contributed by atoms with E-state index in [0.717, 1.165) is 73.6 Å². The van der Waals surface area contributed by atoms with Gasteiger partial charge in [-0.3, -0.25) is 9.80 Å². The molecular formula is C34H42F3N9O2S2. The van der Waals surface area contributed by atoms with Crippen LogP contribution in [0, 0.1) is 23.7 Å². The van der Waals surface area contributed by atoms with Crippen molar-refractivity contribution < 1.29 is 21.6 Å². The summed E-state index contributed by atoms with van der Waals surface area (Å²) in [6.45, 7) is 11.3. The van der Waals surface area contributed by atoms with E-state index < -0.39 is 22.8 Å². The van der Waals surface area contributed by atoms with Gasteiger partial charge in [-0.05, 0) is 62.6 Å². The lowest BCUT2D eigenvalue weighted by molar-refractivity contribution is -0.126. The average molecular weight is 730 g/mol. The van der Waals surface area contributed by atoms with E-state index in [2.05, 4.69) is 66.0 Å². The Bertz CT molecular complexity index is 2050. The summed E-state index contributed by atoms with van der Waals surface area (Å²) in [6, 6.07) is 10.4. The first-order chi connectivity index (χ1) is 23.8. The molecule has 0 bridgehead atoms. The molecule has 0 saturated carbocycles. The summed E-state index contributed by atoms with van der Waals surface area (Å²) in [5, 5.41) is 11.9. The van der Waals surface area contributed by atoms with Crippen LogP contribution in [-0.2, 0) is 29.7 Å². The summed E-state index contributed by atoms with van der Waals surface area (Å²) >= 11 is 1.09. The molecule has 1 aromatic carbocycles. The first kappa shape index (κ1) is 35.1. The van der Waals surface area contributed by atoms with Crippen LogP contribution in [0.25, 0.3) is 21.1 Å². The zero-order valence-corrected chi connectivity index (χ0v) is 30.1. The minimum absolute atomic E-state index is 0.0935. The lowest BCUT2D eigenvalue weighted by atomic mass is 9.86. The number of piperazine rings is 1. The minimum atomic E-state index is -4.26. The van der Waals surface area contributed by atoms with Gasteiger partial charge in [-0.1, -0.05) is 6.07 Å². The molecule has 3 fully saturated rings. The smallest absolute Gasteiger partial charge is 0.355 e. The number of nitriles is 1. The molecule has 268 valence electrons. The predicted octanol–water partition coefficient (Wildman–Crippen LogP) is 4.50. The highest BCUT2D eigenvalue weighted by Crippen LogP contribution is 2.43. The molecule has 1 N–H and O–H groups in total. The van der Waals surface area contributed by atoms with Gasteiger partial charge in [0.2, 0.25) is 0 Å². The molecule has 2 atom stereocenters. The number of thiophene rings is 1. The van der Waals surface area contributed by atoms with E-state index in [1.165, 1.54) is 28.8 Å². The summed E-state index contributed by atoms with van der Waals surface area (Å²) in [4.78, 5) is 16.7. The Morgan fingerprint density at radius 3 is 2.54 bits per heavy atom. The molecule has 0 aliphatic carbocycles. The van der Waals surface area contributed by atoms with Crippen LogP contribution in [0.2, 0.25) is 0 Å². The van der Waals surface area contributed by atoms with Gasteiger partial charge in [0, 0.05) is 93.2 Å². The molecule has 4 aromatic rings. The molecule has 1 spiro atoms. The molecule has 7 rings (SSSR count). The normalized spacial score (nSPS) is 22.0. The number of hydrogen-bond acceptors (Lipinski definition) is 9. The first-order valence-electron chi connectivity index (χ1n) is 17.0. The number of benzene rings is 1. The maximum Gasteiger partial charge on any atom is 0.393 e. The van der Waals surface area contributed by atoms with E-state index in [4.69, 9.17) is 0 Å². The predicted molar refractivity (Wildman–Crippen MR) is 188 cm³/mol. The average Bonchev–Trinajstić information content (AvgIpc) is 3.87. The number of rotatable bonds is 9. The number of hydrogen-bond donors (Lipinski definition) is 1. The Hall–Kier alpha value is -3.33. The summed E-state index contributed by atoms with van der Waals surface area (Å²) in [6.07, 6.45) is -1.71. The number of likely N-dealkylation sites (tertiary alicyclic amines) is 1. The highest BCUT2D eigenvalue weighted by atomic mass is 32.2.